The number of benzene rings is 2. The molecule has 0 aliphatic rings. The first-order valence-electron chi connectivity index (χ1n) is 6.33. The van der Waals surface area contributed by atoms with Crippen LogP contribution in [0.1, 0.15) is 11.1 Å². The highest BCUT2D eigenvalue weighted by atomic mass is 16.6. The Morgan fingerprint density at radius 2 is 1.90 bits per heavy atom. The maximum absolute atomic E-state index is 11.6. The number of ether oxygens (including phenoxy) is 2. The molecule has 0 spiro atoms. The lowest BCUT2D eigenvalue weighted by Crippen LogP contribution is -2.14. The topological polar surface area (TPSA) is 61.5 Å². The predicted octanol–water partition coefficient (Wildman–Crippen LogP) is 2.70. The van der Waals surface area contributed by atoms with E-state index in [0.29, 0.717) is 11.4 Å². The molecule has 0 radical (unpaired) electrons. The van der Waals surface area contributed by atoms with E-state index in [1.807, 2.05) is 31.2 Å². The van der Waals surface area contributed by atoms with Gasteiger partial charge >= 0.3 is 5.97 Å². The average molecular weight is 271 g/mol. The zero-order chi connectivity index (χ0) is 14.4. The van der Waals surface area contributed by atoms with Gasteiger partial charge < -0.3 is 15.2 Å². The molecule has 0 aliphatic carbocycles. The number of hydrogen-bond acceptors (Lipinski definition) is 4. The van der Waals surface area contributed by atoms with Crippen molar-refractivity contribution in [3.63, 3.8) is 0 Å². The van der Waals surface area contributed by atoms with E-state index in [1.165, 1.54) is 0 Å². The third-order valence-corrected chi connectivity index (χ3v) is 2.72. The molecule has 0 bridgehead atoms. The Bertz CT molecular complexity index is 579. The molecule has 20 heavy (non-hydrogen) atoms. The SMILES string of the molecule is Cc1cccc(COC(=O)COc2ccc(N)cc2)c1. The minimum atomic E-state index is -0.400. The second kappa shape index (κ2) is 6.61. The molecular formula is C16H17NO3. The van der Waals surface area contributed by atoms with Gasteiger partial charge in [0.1, 0.15) is 12.4 Å². The summed E-state index contributed by atoms with van der Waals surface area (Å²) < 4.78 is 10.4. The number of nitrogens with two attached hydrogens (primary N) is 1. The summed E-state index contributed by atoms with van der Waals surface area (Å²) in [4.78, 5) is 11.6. The maximum atomic E-state index is 11.6. The summed E-state index contributed by atoms with van der Waals surface area (Å²) in [6.07, 6.45) is 0. The number of aryl methyl sites for hydroxylation is 1. The molecule has 0 saturated heterocycles. The van der Waals surface area contributed by atoms with Crippen molar-refractivity contribution in [3.8, 4) is 5.75 Å². The van der Waals surface area contributed by atoms with Crippen LogP contribution in [0.5, 0.6) is 5.75 Å². The molecule has 0 heterocycles. The van der Waals surface area contributed by atoms with E-state index in [9.17, 15) is 4.79 Å². The minimum absolute atomic E-state index is 0.115. The van der Waals surface area contributed by atoms with Crippen molar-refractivity contribution in [2.45, 2.75) is 13.5 Å². The molecule has 0 aliphatic heterocycles. The lowest BCUT2D eigenvalue weighted by Gasteiger charge is -2.07. The van der Waals surface area contributed by atoms with Crippen molar-refractivity contribution >= 4 is 11.7 Å². The molecule has 0 aromatic heterocycles. The predicted molar refractivity (Wildman–Crippen MR) is 77.3 cm³/mol. The fraction of sp³-hybridized carbons (Fsp3) is 0.188. The van der Waals surface area contributed by atoms with Gasteiger partial charge in [-0.05, 0) is 36.8 Å². The number of esters is 1. The Morgan fingerprint density at radius 3 is 2.60 bits per heavy atom. The van der Waals surface area contributed by atoms with Crippen LogP contribution in [0.4, 0.5) is 5.69 Å². The lowest BCUT2D eigenvalue weighted by atomic mass is 10.1. The third-order valence-electron chi connectivity index (χ3n) is 2.72. The van der Waals surface area contributed by atoms with Gasteiger partial charge in [0.15, 0.2) is 6.61 Å². The van der Waals surface area contributed by atoms with E-state index in [-0.39, 0.29) is 13.2 Å². The molecule has 0 atom stereocenters. The van der Waals surface area contributed by atoms with Crippen molar-refractivity contribution in [3.05, 3.63) is 59.7 Å². The highest BCUT2D eigenvalue weighted by Crippen LogP contribution is 2.13. The molecular weight excluding hydrogens is 254 g/mol. The van der Waals surface area contributed by atoms with Crippen LogP contribution >= 0.6 is 0 Å². The monoisotopic (exact) mass is 271 g/mol. The first kappa shape index (κ1) is 13.9. The number of hydrogen-bond donors (Lipinski definition) is 1. The Balaban J connectivity index is 1.77. The first-order valence-corrected chi connectivity index (χ1v) is 6.33. The van der Waals surface area contributed by atoms with E-state index in [1.54, 1.807) is 24.3 Å². The summed E-state index contributed by atoms with van der Waals surface area (Å²) >= 11 is 0. The Kier molecular flexibility index (Phi) is 4.60. The summed E-state index contributed by atoms with van der Waals surface area (Å²) in [5.74, 6) is 0.190. The van der Waals surface area contributed by atoms with Gasteiger partial charge in [-0.1, -0.05) is 29.8 Å². The van der Waals surface area contributed by atoms with Crippen LogP contribution in [0.3, 0.4) is 0 Å². The second-order valence-corrected chi connectivity index (χ2v) is 4.51. The number of nitrogen functional groups attached to an aromatic ring is 1. The summed E-state index contributed by atoms with van der Waals surface area (Å²) in [5, 5.41) is 0. The largest absolute Gasteiger partial charge is 0.482 e. The summed E-state index contributed by atoms with van der Waals surface area (Å²) in [6, 6.07) is 14.7. The van der Waals surface area contributed by atoms with E-state index in [4.69, 9.17) is 15.2 Å². The van der Waals surface area contributed by atoms with E-state index < -0.39 is 5.97 Å². The summed E-state index contributed by atoms with van der Waals surface area (Å²) in [5.41, 5.74) is 8.31. The zero-order valence-corrected chi connectivity index (χ0v) is 11.3. The summed E-state index contributed by atoms with van der Waals surface area (Å²) in [7, 11) is 0. The number of carbonyl (C=O) groups excluding carboxylic acids is 1. The van der Waals surface area contributed by atoms with Crippen molar-refractivity contribution in [1.82, 2.24) is 0 Å². The van der Waals surface area contributed by atoms with Gasteiger partial charge in [-0.15, -0.1) is 0 Å². The third kappa shape index (κ3) is 4.31. The van der Waals surface area contributed by atoms with Crippen LogP contribution in [0.2, 0.25) is 0 Å². The molecule has 4 heteroatoms. The highest BCUT2D eigenvalue weighted by molar-refractivity contribution is 5.71. The Hall–Kier alpha value is -2.49. The van der Waals surface area contributed by atoms with E-state index in [2.05, 4.69) is 0 Å². The van der Waals surface area contributed by atoms with Gasteiger partial charge in [0.25, 0.3) is 0 Å². The molecule has 0 saturated carbocycles. The van der Waals surface area contributed by atoms with Crippen LogP contribution < -0.4 is 10.5 Å². The molecule has 0 amide bonds. The number of carbonyl (C=O) groups is 1. The number of anilines is 1. The minimum Gasteiger partial charge on any atom is -0.482 e. The van der Waals surface area contributed by atoms with Crippen LogP contribution in [0, 0.1) is 6.92 Å². The highest BCUT2D eigenvalue weighted by Gasteiger charge is 2.05. The lowest BCUT2D eigenvalue weighted by molar-refractivity contribution is -0.147. The fourth-order valence-electron chi connectivity index (χ4n) is 1.71. The smallest absolute Gasteiger partial charge is 0.344 e. The molecule has 2 rings (SSSR count). The van der Waals surface area contributed by atoms with Crippen molar-refractivity contribution in [1.29, 1.82) is 0 Å². The Labute approximate surface area is 118 Å². The van der Waals surface area contributed by atoms with Crippen LogP contribution in [0.15, 0.2) is 48.5 Å². The van der Waals surface area contributed by atoms with Gasteiger partial charge in [-0.25, -0.2) is 4.79 Å². The summed E-state index contributed by atoms with van der Waals surface area (Å²) in [6.45, 7) is 2.14. The quantitative estimate of drug-likeness (QED) is 0.671. The van der Waals surface area contributed by atoms with Crippen molar-refractivity contribution < 1.29 is 14.3 Å². The van der Waals surface area contributed by atoms with Gasteiger partial charge in [-0.3, -0.25) is 0 Å². The van der Waals surface area contributed by atoms with E-state index in [0.717, 1.165) is 11.1 Å². The van der Waals surface area contributed by atoms with Crippen molar-refractivity contribution in [2.75, 3.05) is 12.3 Å². The second-order valence-electron chi connectivity index (χ2n) is 4.51. The standard InChI is InChI=1S/C16H17NO3/c1-12-3-2-4-13(9-12)10-20-16(18)11-19-15-7-5-14(17)6-8-15/h2-9H,10-11,17H2,1H3. The molecule has 0 unspecified atom stereocenters. The molecule has 2 aromatic rings. The Morgan fingerprint density at radius 1 is 1.15 bits per heavy atom. The van der Waals surface area contributed by atoms with Crippen molar-refractivity contribution in [2.24, 2.45) is 0 Å². The fourth-order valence-corrected chi connectivity index (χ4v) is 1.71. The molecule has 2 aromatic carbocycles. The molecule has 2 N–H and O–H groups in total. The van der Waals surface area contributed by atoms with Crippen LogP contribution in [-0.2, 0) is 16.1 Å². The van der Waals surface area contributed by atoms with Gasteiger partial charge in [0.2, 0.25) is 0 Å². The molecule has 4 nitrogen and oxygen atoms in total. The molecule has 104 valence electrons. The van der Waals surface area contributed by atoms with Crippen LogP contribution in [0.25, 0.3) is 0 Å². The first-order chi connectivity index (χ1) is 9.63. The van der Waals surface area contributed by atoms with Gasteiger partial charge in [-0.2, -0.15) is 0 Å². The maximum Gasteiger partial charge on any atom is 0.344 e. The average Bonchev–Trinajstić information content (AvgIpc) is 2.45. The molecule has 0 fully saturated rings. The zero-order valence-electron chi connectivity index (χ0n) is 11.3. The van der Waals surface area contributed by atoms with Gasteiger partial charge in [0, 0.05) is 5.69 Å². The normalized spacial score (nSPS) is 10.1. The van der Waals surface area contributed by atoms with Crippen LogP contribution in [-0.4, -0.2) is 12.6 Å². The number of rotatable bonds is 5. The van der Waals surface area contributed by atoms with Gasteiger partial charge in [0.05, 0.1) is 0 Å². The van der Waals surface area contributed by atoms with E-state index >= 15 is 0 Å².